The normalized spacial score (nSPS) is 11.8. The van der Waals surface area contributed by atoms with E-state index in [1.54, 1.807) is 18.4 Å². The van der Waals surface area contributed by atoms with Crippen molar-refractivity contribution in [3.8, 4) is 0 Å². The van der Waals surface area contributed by atoms with E-state index < -0.39 is 10.0 Å². The summed E-state index contributed by atoms with van der Waals surface area (Å²) in [5.74, 6) is 0.807. The number of furan rings is 1. The van der Waals surface area contributed by atoms with Gasteiger partial charge in [0, 0.05) is 21.1 Å². The van der Waals surface area contributed by atoms with Crippen molar-refractivity contribution in [2.75, 3.05) is 31.8 Å². The molecule has 2 rings (SSSR count). The van der Waals surface area contributed by atoms with E-state index in [2.05, 4.69) is 0 Å². The van der Waals surface area contributed by atoms with Gasteiger partial charge in [-0.1, -0.05) is 0 Å². The Bertz CT molecular complexity index is 709. The van der Waals surface area contributed by atoms with Crippen molar-refractivity contribution in [3.05, 3.63) is 42.4 Å². The predicted molar refractivity (Wildman–Crippen MR) is 82.5 cm³/mol. The standard InChI is InChI=1S/C14H19N3O3S/c1-16(2)21(18,19)12-6-7-14(13(15)9-12)17(3)10-11-5-4-8-20-11/h4-9H,10,15H2,1-3H3. The summed E-state index contributed by atoms with van der Waals surface area (Å²) in [7, 11) is 1.37. The molecule has 21 heavy (non-hydrogen) atoms. The van der Waals surface area contributed by atoms with Gasteiger partial charge in [-0.3, -0.25) is 0 Å². The zero-order valence-electron chi connectivity index (χ0n) is 12.3. The van der Waals surface area contributed by atoms with Gasteiger partial charge in [0.2, 0.25) is 10.0 Å². The fourth-order valence-electron chi connectivity index (χ4n) is 1.97. The number of nitrogen functional groups attached to an aromatic ring is 1. The number of nitrogens with two attached hydrogens (primary N) is 1. The molecule has 6 nitrogen and oxygen atoms in total. The van der Waals surface area contributed by atoms with Gasteiger partial charge in [0.25, 0.3) is 0 Å². The third-order valence-corrected chi connectivity index (χ3v) is 4.97. The van der Waals surface area contributed by atoms with Crippen LogP contribution in [0, 0.1) is 0 Å². The number of rotatable bonds is 5. The molecule has 2 N–H and O–H groups in total. The molecule has 1 aromatic heterocycles. The quantitative estimate of drug-likeness (QED) is 0.851. The lowest BCUT2D eigenvalue weighted by atomic mass is 10.2. The van der Waals surface area contributed by atoms with Gasteiger partial charge in [0.1, 0.15) is 5.76 Å². The average molecular weight is 309 g/mol. The molecule has 2 aromatic rings. The first kappa shape index (κ1) is 15.4. The molecule has 7 heteroatoms. The van der Waals surface area contributed by atoms with Gasteiger partial charge in [-0.25, -0.2) is 12.7 Å². The van der Waals surface area contributed by atoms with E-state index in [4.69, 9.17) is 10.2 Å². The summed E-state index contributed by atoms with van der Waals surface area (Å²) in [4.78, 5) is 2.08. The van der Waals surface area contributed by atoms with E-state index in [-0.39, 0.29) is 4.90 Å². The maximum atomic E-state index is 12.1. The van der Waals surface area contributed by atoms with Crippen molar-refractivity contribution in [1.82, 2.24) is 4.31 Å². The van der Waals surface area contributed by atoms with Gasteiger partial charge in [0.15, 0.2) is 0 Å². The van der Waals surface area contributed by atoms with Gasteiger partial charge in [-0.15, -0.1) is 0 Å². The second kappa shape index (κ2) is 5.79. The van der Waals surface area contributed by atoms with E-state index in [0.29, 0.717) is 12.2 Å². The lowest BCUT2D eigenvalue weighted by molar-refractivity contribution is 0.507. The Morgan fingerprint density at radius 1 is 1.19 bits per heavy atom. The van der Waals surface area contributed by atoms with Gasteiger partial charge >= 0.3 is 0 Å². The molecule has 0 aliphatic carbocycles. The second-order valence-corrected chi connectivity index (χ2v) is 7.10. The highest BCUT2D eigenvalue weighted by atomic mass is 32.2. The van der Waals surface area contributed by atoms with Crippen LogP contribution in [0.5, 0.6) is 0 Å². The molecule has 0 saturated carbocycles. The first-order valence-corrected chi connectivity index (χ1v) is 7.82. The van der Waals surface area contributed by atoms with Crippen LogP contribution in [0.4, 0.5) is 11.4 Å². The van der Waals surface area contributed by atoms with Crippen LogP contribution in [-0.4, -0.2) is 33.9 Å². The molecule has 0 amide bonds. The van der Waals surface area contributed by atoms with Gasteiger partial charge in [-0.05, 0) is 30.3 Å². The third-order valence-electron chi connectivity index (χ3n) is 3.16. The molecule has 0 saturated heterocycles. The van der Waals surface area contributed by atoms with Crippen LogP contribution < -0.4 is 10.6 Å². The lowest BCUT2D eigenvalue weighted by Crippen LogP contribution is -2.23. The zero-order valence-corrected chi connectivity index (χ0v) is 13.1. The molecular formula is C14H19N3O3S. The summed E-state index contributed by atoms with van der Waals surface area (Å²) in [6.07, 6.45) is 1.61. The minimum atomic E-state index is -3.48. The largest absolute Gasteiger partial charge is 0.467 e. The van der Waals surface area contributed by atoms with Crippen LogP contribution in [0.1, 0.15) is 5.76 Å². The molecule has 0 fully saturated rings. The Balaban J connectivity index is 2.27. The second-order valence-electron chi connectivity index (χ2n) is 4.94. The fraction of sp³-hybridized carbons (Fsp3) is 0.286. The molecule has 0 atom stereocenters. The maximum Gasteiger partial charge on any atom is 0.242 e. The summed E-state index contributed by atoms with van der Waals surface area (Å²) in [6, 6.07) is 8.43. The van der Waals surface area contributed by atoms with Crippen molar-refractivity contribution >= 4 is 21.4 Å². The summed E-state index contributed by atoms with van der Waals surface area (Å²) < 4.78 is 30.6. The highest BCUT2D eigenvalue weighted by Crippen LogP contribution is 2.27. The summed E-state index contributed by atoms with van der Waals surface area (Å²) in [5, 5.41) is 0. The molecular weight excluding hydrogens is 290 g/mol. The molecule has 114 valence electrons. The SMILES string of the molecule is CN(Cc1ccco1)c1ccc(S(=O)(=O)N(C)C)cc1N. The van der Waals surface area contributed by atoms with Crippen LogP contribution in [0.15, 0.2) is 45.9 Å². The smallest absolute Gasteiger partial charge is 0.242 e. The predicted octanol–water partition coefficient (Wildman–Crippen LogP) is 1.75. The number of nitrogens with zero attached hydrogens (tertiary/aromatic N) is 2. The van der Waals surface area contributed by atoms with E-state index in [9.17, 15) is 8.42 Å². The highest BCUT2D eigenvalue weighted by molar-refractivity contribution is 7.89. The lowest BCUT2D eigenvalue weighted by Gasteiger charge is -2.21. The van der Waals surface area contributed by atoms with E-state index in [1.807, 2.05) is 24.1 Å². The Morgan fingerprint density at radius 3 is 2.43 bits per heavy atom. The van der Waals surface area contributed by atoms with Crippen LogP contribution >= 0.6 is 0 Å². The summed E-state index contributed by atoms with van der Waals surface area (Å²) in [6.45, 7) is 0.553. The minimum Gasteiger partial charge on any atom is -0.467 e. The van der Waals surface area contributed by atoms with E-state index in [1.165, 1.54) is 20.2 Å². The molecule has 0 unspecified atom stereocenters. The molecule has 0 bridgehead atoms. The van der Waals surface area contributed by atoms with Crippen LogP contribution in [0.25, 0.3) is 0 Å². The summed E-state index contributed by atoms with van der Waals surface area (Å²) in [5.41, 5.74) is 7.16. The number of hydrogen-bond donors (Lipinski definition) is 1. The fourth-order valence-corrected chi connectivity index (χ4v) is 2.91. The number of hydrogen-bond acceptors (Lipinski definition) is 5. The molecule has 0 spiro atoms. The Morgan fingerprint density at radius 2 is 1.90 bits per heavy atom. The highest BCUT2D eigenvalue weighted by Gasteiger charge is 2.19. The maximum absolute atomic E-state index is 12.1. The van der Waals surface area contributed by atoms with Crippen molar-refractivity contribution < 1.29 is 12.8 Å². The molecule has 0 aliphatic rings. The van der Waals surface area contributed by atoms with Gasteiger partial charge < -0.3 is 15.1 Å². The van der Waals surface area contributed by atoms with Crippen molar-refractivity contribution in [2.24, 2.45) is 0 Å². The van der Waals surface area contributed by atoms with E-state index in [0.717, 1.165) is 15.8 Å². The van der Waals surface area contributed by atoms with Crippen LogP contribution in [0.2, 0.25) is 0 Å². The Hall–Kier alpha value is -1.99. The summed E-state index contributed by atoms with van der Waals surface area (Å²) >= 11 is 0. The van der Waals surface area contributed by atoms with Crippen LogP contribution in [0.3, 0.4) is 0 Å². The number of sulfonamides is 1. The molecule has 1 heterocycles. The van der Waals surface area contributed by atoms with Crippen molar-refractivity contribution in [1.29, 1.82) is 0 Å². The van der Waals surface area contributed by atoms with Crippen LogP contribution in [-0.2, 0) is 16.6 Å². The van der Waals surface area contributed by atoms with Gasteiger partial charge in [0.05, 0.1) is 29.1 Å². The number of anilines is 2. The van der Waals surface area contributed by atoms with Crippen molar-refractivity contribution in [2.45, 2.75) is 11.4 Å². The van der Waals surface area contributed by atoms with E-state index >= 15 is 0 Å². The molecule has 1 aromatic carbocycles. The number of benzene rings is 1. The Labute approximate surface area is 124 Å². The van der Waals surface area contributed by atoms with Crippen molar-refractivity contribution in [3.63, 3.8) is 0 Å². The minimum absolute atomic E-state index is 0.181. The zero-order chi connectivity index (χ0) is 15.6. The monoisotopic (exact) mass is 309 g/mol. The first-order valence-electron chi connectivity index (χ1n) is 6.38. The average Bonchev–Trinajstić information content (AvgIpc) is 2.90. The third kappa shape index (κ3) is 3.20. The van der Waals surface area contributed by atoms with Gasteiger partial charge in [-0.2, -0.15) is 0 Å². The molecule has 0 radical (unpaired) electrons. The molecule has 0 aliphatic heterocycles. The first-order chi connectivity index (χ1) is 9.82. The Kier molecular flexibility index (Phi) is 4.24. The topological polar surface area (TPSA) is 79.8 Å².